The van der Waals surface area contributed by atoms with E-state index >= 15 is 0 Å². The van der Waals surface area contributed by atoms with E-state index in [0.29, 0.717) is 5.91 Å². The molecular weight excluding hydrogens is 428 g/mol. The van der Waals surface area contributed by atoms with Gasteiger partial charge in [0, 0.05) is 50.5 Å². The Kier molecular flexibility index (Phi) is 6.74. The van der Waals surface area contributed by atoms with Crippen LogP contribution in [0.3, 0.4) is 0 Å². The van der Waals surface area contributed by atoms with E-state index in [9.17, 15) is 4.79 Å². The molecule has 0 spiro atoms. The standard InChI is InChI=1S/C27H32N4OS/c1-20-23(19-30-14-16-31(17-15-30)26(32)22-10-5-6-11-22)12-7-13-24(20)29-27-28-18-25(33-27)21-8-3-2-4-9-21/h2-4,7-9,12-13,18,22H,5-6,10-11,14-17,19H2,1H3,(H,28,29). The molecular formula is C27H32N4OS. The molecule has 0 unspecified atom stereocenters. The summed E-state index contributed by atoms with van der Waals surface area (Å²) in [5, 5.41) is 4.44. The van der Waals surface area contributed by atoms with Crippen LogP contribution in [-0.4, -0.2) is 46.9 Å². The van der Waals surface area contributed by atoms with Gasteiger partial charge in [0.05, 0.1) is 4.88 Å². The molecule has 1 aliphatic heterocycles. The van der Waals surface area contributed by atoms with E-state index in [1.165, 1.54) is 29.5 Å². The Morgan fingerprint density at radius 3 is 2.55 bits per heavy atom. The number of hydrogen-bond donors (Lipinski definition) is 1. The van der Waals surface area contributed by atoms with Crippen molar-refractivity contribution >= 4 is 28.1 Å². The number of carbonyl (C=O) groups excluding carboxylic acids is 1. The molecule has 1 aliphatic carbocycles. The van der Waals surface area contributed by atoms with Crippen molar-refractivity contribution in [3.05, 3.63) is 65.9 Å². The first-order valence-corrected chi connectivity index (χ1v) is 12.9. The zero-order valence-corrected chi connectivity index (χ0v) is 20.1. The van der Waals surface area contributed by atoms with Crippen molar-refractivity contribution < 1.29 is 4.79 Å². The lowest BCUT2D eigenvalue weighted by Gasteiger charge is -2.36. The van der Waals surface area contributed by atoms with Gasteiger partial charge in [0.25, 0.3) is 0 Å². The van der Waals surface area contributed by atoms with Crippen molar-refractivity contribution in [2.24, 2.45) is 5.92 Å². The Morgan fingerprint density at radius 2 is 1.79 bits per heavy atom. The van der Waals surface area contributed by atoms with E-state index in [0.717, 1.165) is 61.3 Å². The number of piperazine rings is 1. The second-order valence-electron chi connectivity index (χ2n) is 9.19. The van der Waals surface area contributed by atoms with Crippen molar-refractivity contribution in [1.29, 1.82) is 0 Å². The number of anilines is 2. The van der Waals surface area contributed by atoms with Gasteiger partial charge in [0.2, 0.25) is 5.91 Å². The summed E-state index contributed by atoms with van der Waals surface area (Å²) in [6.07, 6.45) is 6.55. The van der Waals surface area contributed by atoms with E-state index in [1.54, 1.807) is 11.3 Å². The molecule has 5 rings (SSSR count). The van der Waals surface area contributed by atoms with Crippen LogP contribution in [0.2, 0.25) is 0 Å². The van der Waals surface area contributed by atoms with Crippen LogP contribution in [0, 0.1) is 12.8 Å². The third-order valence-corrected chi connectivity index (χ3v) is 8.00. The van der Waals surface area contributed by atoms with E-state index in [4.69, 9.17) is 0 Å². The molecule has 2 heterocycles. The average molecular weight is 461 g/mol. The topological polar surface area (TPSA) is 48.5 Å². The van der Waals surface area contributed by atoms with Crippen molar-refractivity contribution in [3.8, 4) is 10.4 Å². The summed E-state index contributed by atoms with van der Waals surface area (Å²) >= 11 is 1.67. The van der Waals surface area contributed by atoms with Gasteiger partial charge in [0.15, 0.2) is 5.13 Å². The fourth-order valence-corrected chi connectivity index (χ4v) is 5.81. The summed E-state index contributed by atoms with van der Waals surface area (Å²) in [6, 6.07) is 16.8. The van der Waals surface area contributed by atoms with Crippen LogP contribution in [0.4, 0.5) is 10.8 Å². The van der Waals surface area contributed by atoms with Crippen LogP contribution in [0.5, 0.6) is 0 Å². The molecule has 0 radical (unpaired) electrons. The predicted molar refractivity (Wildman–Crippen MR) is 136 cm³/mol. The maximum atomic E-state index is 12.7. The first-order chi connectivity index (χ1) is 16.2. The molecule has 1 aromatic heterocycles. The Bertz CT molecular complexity index is 1080. The van der Waals surface area contributed by atoms with Crippen LogP contribution in [0.1, 0.15) is 36.8 Å². The molecule has 0 atom stereocenters. The van der Waals surface area contributed by atoms with Gasteiger partial charge in [0.1, 0.15) is 0 Å². The smallest absolute Gasteiger partial charge is 0.225 e. The minimum atomic E-state index is 0.287. The van der Waals surface area contributed by atoms with Crippen molar-refractivity contribution in [1.82, 2.24) is 14.8 Å². The van der Waals surface area contributed by atoms with Gasteiger partial charge < -0.3 is 10.2 Å². The largest absolute Gasteiger partial charge is 0.340 e. The van der Waals surface area contributed by atoms with Gasteiger partial charge >= 0.3 is 0 Å². The quantitative estimate of drug-likeness (QED) is 0.513. The number of benzene rings is 2. The van der Waals surface area contributed by atoms with Crippen LogP contribution in [-0.2, 0) is 11.3 Å². The maximum absolute atomic E-state index is 12.7. The number of rotatable bonds is 6. The third-order valence-electron chi connectivity index (χ3n) is 7.03. The normalized spacial score (nSPS) is 17.4. The van der Waals surface area contributed by atoms with Crippen molar-refractivity contribution in [2.45, 2.75) is 39.2 Å². The van der Waals surface area contributed by atoms with E-state index < -0.39 is 0 Å². The lowest BCUT2D eigenvalue weighted by molar-refractivity contribution is -0.137. The average Bonchev–Trinajstić information content (AvgIpc) is 3.55. The third kappa shape index (κ3) is 5.12. The maximum Gasteiger partial charge on any atom is 0.225 e. The highest BCUT2D eigenvalue weighted by molar-refractivity contribution is 7.18. The molecule has 172 valence electrons. The fraction of sp³-hybridized carbons (Fsp3) is 0.407. The number of nitrogens with zero attached hydrogens (tertiary/aromatic N) is 3. The molecule has 5 nitrogen and oxygen atoms in total. The summed E-state index contributed by atoms with van der Waals surface area (Å²) < 4.78 is 0. The lowest BCUT2D eigenvalue weighted by atomic mass is 10.0. The van der Waals surface area contributed by atoms with Crippen LogP contribution < -0.4 is 5.32 Å². The summed E-state index contributed by atoms with van der Waals surface area (Å²) in [5.74, 6) is 0.683. The molecule has 1 saturated heterocycles. The van der Waals surface area contributed by atoms with Gasteiger partial charge in [-0.3, -0.25) is 9.69 Å². The number of thiazole rings is 1. The van der Waals surface area contributed by atoms with Gasteiger partial charge in [-0.15, -0.1) is 0 Å². The van der Waals surface area contributed by atoms with E-state index in [-0.39, 0.29) is 5.92 Å². The molecule has 2 fully saturated rings. The van der Waals surface area contributed by atoms with Crippen LogP contribution in [0.25, 0.3) is 10.4 Å². The predicted octanol–water partition coefficient (Wildman–Crippen LogP) is 5.70. The highest BCUT2D eigenvalue weighted by Gasteiger charge is 2.29. The number of nitrogens with one attached hydrogen (secondary N) is 1. The SMILES string of the molecule is Cc1c(CN2CCN(C(=O)C3CCCC3)CC2)cccc1Nc1ncc(-c2ccccc2)s1. The van der Waals surface area contributed by atoms with E-state index in [2.05, 4.69) is 69.5 Å². The molecule has 6 heteroatoms. The lowest BCUT2D eigenvalue weighted by Crippen LogP contribution is -2.49. The number of aromatic nitrogens is 1. The minimum Gasteiger partial charge on any atom is -0.340 e. The van der Waals surface area contributed by atoms with Gasteiger partial charge in [-0.25, -0.2) is 4.98 Å². The molecule has 1 saturated carbocycles. The van der Waals surface area contributed by atoms with Gasteiger partial charge in [-0.1, -0.05) is 66.6 Å². The second-order valence-corrected chi connectivity index (χ2v) is 10.2. The summed E-state index contributed by atoms with van der Waals surface area (Å²) in [4.78, 5) is 23.1. The van der Waals surface area contributed by atoms with Crippen molar-refractivity contribution in [3.63, 3.8) is 0 Å². The molecule has 33 heavy (non-hydrogen) atoms. The Morgan fingerprint density at radius 1 is 1.03 bits per heavy atom. The fourth-order valence-electron chi connectivity index (χ4n) is 4.97. The first-order valence-electron chi connectivity index (χ1n) is 12.1. The van der Waals surface area contributed by atoms with Crippen LogP contribution in [0.15, 0.2) is 54.7 Å². The number of amides is 1. The van der Waals surface area contributed by atoms with E-state index in [1.807, 2.05) is 12.3 Å². The number of carbonyl (C=O) groups is 1. The molecule has 1 N–H and O–H groups in total. The monoisotopic (exact) mass is 460 g/mol. The molecule has 3 aromatic rings. The molecule has 2 aliphatic rings. The van der Waals surface area contributed by atoms with Crippen molar-refractivity contribution in [2.75, 3.05) is 31.5 Å². The minimum absolute atomic E-state index is 0.287. The summed E-state index contributed by atoms with van der Waals surface area (Å²) in [5.41, 5.74) is 4.89. The van der Waals surface area contributed by atoms with Gasteiger partial charge in [-0.2, -0.15) is 0 Å². The zero-order chi connectivity index (χ0) is 22.6. The molecule has 2 aromatic carbocycles. The zero-order valence-electron chi connectivity index (χ0n) is 19.3. The van der Waals surface area contributed by atoms with Gasteiger partial charge in [-0.05, 0) is 42.5 Å². The summed E-state index contributed by atoms with van der Waals surface area (Å²) in [7, 11) is 0. The number of hydrogen-bond acceptors (Lipinski definition) is 5. The van der Waals surface area contributed by atoms with Crippen LogP contribution >= 0.6 is 11.3 Å². The summed E-state index contributed by atoms with van der Waals surface area (Å²) in [6.45, 7) is 6.70. The Labute approximate surface area is 200 Å². The Balaban J connectivity index is 1.20. The molecule has 1 amide bonds. The first kappa shape index (κ1) is 22.1. The second kappa shape index (κ2) is 10.1. The Hall–Kier alpha value is -2.70. The highest BCUT2D eigenvalue weighted by atomic mass is 32.1. The molecule has 0 bridgehead atoms. The highest BCUT2D eigenvalue weighted by Crippen LogP contribution is 2.32.